The molecule has 0 unspecified atom stereocenters. The Kier molecular flexibility index (Phi) is 7.04. The van der Waals surface area contributed by atoms with Crippen LogP contribution < -0.4 is 14.9 Å². The summed E-state index contributed by atoms with van der Waals surface area (Å²) in [5, 5.41) is 13.4. The maximum atomic E-state index is 12.6. The van der Waals surface area contributed by atoms with E-state index >= 15 is 0 Å². The Morgan fingerprint density at radius 2 is 2.00 bits per heavy atom. The minimum Gasteiger partial charge on any atom is -0.508 e. The van der Waals surface area contributed by atoms with Crippen molar-refractivity contribution in [3.05, 3.63) is 59.8 Å². The first-order valence-electron chi connectivity index (χ1n) is 11.5. The third-order valence-electron chi connectivity index (χ3n) is 5.91. The smallest absolute Gasteiger partial charge is 0.240 e. The van der Waals surface area contributed by atoms with Gasteiger partial charge in [-0.25, -0.2) is 18.1 Å². The molecule has 2 heterocycles. The van der Waals surface area contributed by atoms with Gasteiger partial charge in [-0.2, -0.15) is 4.98 Å². The number of hydrogen-bond acceptors (Lipinski definition) is 7. The van der Waals surface area contributed by atoms with Gasteiger partial charge in [0.15, 0.2) is 0 Å². The SMILES string of the molecule is Cc1cc(S(=O)(=O)NCCC(C)C)ccc1Nc1nccc(N2CCCc3c(O)cccc32)n1. The van der Waals surface area contributed by atoms with Gasteiger partial charge in [0, 0.05) is 36.2 Å². The molecule has 9 heteroatoms. The summed E-state index contributed by atoms with van der Waals surface area (Å²) < 4.78 is 27.9. The van der Waals surface area contributed by atoms with Gasteiger partial charge in [0.05, 0.1) is 4.90 Å². The number of aromatic hydroxyl groups is 1. The minimum absolute atomic E-state index is 0.235. The monoisotopic (exact) mass is 481 g/mol. The lowest BCUT2D eigenvalue weighted by molar-refractivity contribution is 0.465. The molecule has 0 radical (unpaired) electrons. The van der Waals surface area contributed by atoms with Gasteiger partial charge in [0.1, 0.15) is 11.6 Å². The number of phenols is 1. The third kappa shape index (κ3) is 5.31. The van der Waals surface area contributed by atoms with E-state index in [1.807, 2.05) is 25.1 Å². The van der Waals surface area contributed by atoms with E-state index in [0.717, 1.165) is 54.1 Å². The van der Waals surface area contributed by atoms with Crippen LogP contribution in [0.25, 0.3) is 0 Å². The molecule has 0 fully saturated rings. The van der Waals surface area contributed by atoms with Gasteiger partial charge in [0.2, 0.25) is 16.0 Å². The second kappa shape index (κ2) is 9.99. The van der Waals surface area contributed by atoms with Gasteiger partial charge >= 0.3 is 0 Å². The zero-order valence-electron chi connectivity index (χ0n) is 19.7. The van der Waals surface area contributed by atoms with Gasteiger partial charge in [-0.15, -0.1) is 0 Å². The van der Waals surface area contributed by atoms with E-state index < -0.39 is 10.0 Å². The lowest BCUT2D eigenvalue weighted by Gasteiger charge is -2.30. The molecule has 3 aromatic rings. The first kappa shape index (κ1) is 24.0. The molecular formula is C25H31N5O3S. The molecule has 8 nitrogen and oxygen atoms in total. The standard InChI is InChI=1S/C25H31N5O3S/c1-17(2)11-14-27-34(32,33)19-9-10-21(18(3)16-19)28-25-26-13-12-24(29-25)30-15-5-6-20-22(30)7-4-8-23(20)31/h4,7-10,12-13,16-17,27,31H,5-6,11,14-15H2,1-3H3,(H,26,28,29). The van der Waals surface area contributed by atoms with Crippen LogP contribution in [-0.2, 0) is 16.4 Å². The van der Waals surface area contributed by atoms with Gasteiger partial charge in [0.25, 0.3) is 0 Å². The topological polar surface area (TPSA) is 107 Å². The van der Waals surface area contributed by atoms with E-state index in [2.05, 4.69) is 38.8 Å². The largest absolute Gasteiger partial charge is 0.508 e. The lowest BCUT2D eigenvalue weighted by atomic mass is 10.0. The van der Waals surface area contributed by atoms with Crippen LogP contribution in [0.4, 0.5) is 23.1 Å². The highest BCUT2D eigenvalue weighted by Crippen LogP contribution is 2.37. The van der Waals surface area contributed by atoms with Crippen molar-refractivity contribution >= 4 is 33.2 Å². The summed E-state index contributed by atoms with van der Waals surface area (Å²) in [6.07, 6.45) is 4.22. The number of sulfonamides is 1. The van der Waals surface area contributed by atoms with Crippen LogP contribution >= 0.6 is 0 Å². The molecule has 180 valence electrons. The molecule has 34 heavy (non-hydrogen) atoms. The highest BCUT2D eigenvalue weighted by Gasteiger charge is 2.22. The molecule has 0 amide bonds. The van der Waals surface area contributed by atoms with Crippen LogP contribution in [0.15, 0.2) is 53.6 Å². The number of rotatable bonds is 8. The molecule has 0 aliphatic carbocycles. The van der Waals surface area contributed by atoms with E-state index in [9.17, 15) is 13.5 Å². The third-order valence-corrected chi connectivity index (χ3v) is 7.37. The Hall–Kier alpha value is -3.17. The molecule has 1 aromatic heterocycles. The zero-order valence-corrected chi connectivity index (χ0v) is 20.6. The quantitative estimate of drug-likeness (QED) is 0.430. The van der Waals surface area contributed by atoms with Crippen LogP contribution in [0.2, 0.25) is 0 Å². The molecule has 0 saturated carbocycles. The Morgan fingerprint density at radius 3 is 2.76 bits per heavy atom. The second-order valence-corrected chi connectivity index (χ2v) is 10.7. The highest BCUT2D eigenvalue weighted by molar-refractivity contribution is 7.89. The predicted molar refractivity (Wildman–Crippen MR) is 135 cm³/mol. The van der Waals surface area contributed by atoms with Crippen LogP contribution in [0.5, 0.6) is 5.75 Å². The Balaban J connectivity index is 1.53. The van der Waals surface area contributed by atoms with Crippen LogP contribution in [-0.4, -0.2) is 36.6 Å². The number of anilines is 4. The Bertz CT molecular complexity index is 1280. The van der Waals surface area contributed by atoms with Gasteiger partial charge in [-0.1, -0.05) is 19.9 Å². The second-order valence-electron chi connectivity index (χ2n) is 8.95. The fourth-order valence-corrected chi connectivity index (χ4v) is 5.17. The summed E-state index contributed by atoms with van der Waals surface area (Å²) in [4.78, 5) is 11.3. The molecular weight excluding hydrogens is 450 g/mol. The number of nitrogens with one attached hydrogen (secondary N) is 2. The minimum atomic E-state index is -3.56. The molecule has 0 saturated heterocycles. The molecule has 1 aliphatic heterocycles. The number of hydrogen-bond donors (Lipinski definition) is 3. The van der Waals surface area contributed by atoms with E-state index in [4.69, 9.17) is 0 Å². The van der Waals surface area contributed by atoms with E-state index in [0.29, 0.717) is 24.2 Å². The maximum absolute atomic E-state index is 12.6. The fraction of sp³-hybridized carbons (Fsp3) is 0.360. The first-order chi connectivity index (χ1) is 16.2. The van der Waals surface area contributed by atoms with Crippen molar-refractivity contribution in [2.45, 2.75) is 44.9 Å². The molecule has 4 rings (SSSR count). The molecule has 3 N–H and O–H groups in total. The van der Waals surface area contributed by atoms with Crippen molar-refractivity contribution in [3.63, 3.8) is 0 Å². The summed E-state index contributed by atoms with van der Waals surface area (Å²) in [6.45, 7) is 7.18. The fourth-order valence-electron chi connectivity index (χ4n) is 4.03. The molecule has 0 atom stereocenters. The van der Waals surface area contributed by atoms with E-state index in [1.165, 1.54) is 0 Å². The van der Waals surface area contributed by atoms with E-state index in [1.54, 1.807) is 30.5 Å². The van der Waals surface area contributed by atoms with Crippen molar-refractivity contribution in [3.8, 4) is 5.75 Å². The molecule has 0 spiro atoms. The van der Waals surface area contributed by atoms with Crippen LogP contribution in [0.1, 0.15) is 37.8 Å². The average molecular weight is 482 g/mol. The number of benzene rings is 2. The summed E-state index contributed by atoms with van der Waals surface area (Å²) in [5.74, 6) is 1.88. The van der Waals surface area contributed by atoms with Gasteiger partial charge < -0.3 is 15.3 Å². The van der Waals surface area contributed by atoms with Crippen LogP contribution in [0.3, 0.4) is 0 Å². The Morgan fingerprint density at radius 1 is 1.18 bits per heavy atom. The van der Waals surface area contributed by atoms with E-state index in [-0.39, 0.29) is 4.90 Å². The number of phenolic OH excluding ortho intramolecular Hbond substituents is 1. The average Bonchev–Trinajstić information content (AvgIpc) is 2.80. The van der Waals surface area contributed by atoms with Gasteiger partial charge in [-0.05, 0) is 74.1 Å². The van der Waals surface area contributed by atoms with Crippen molar-refractivity contribution in [2.24, 2.45) is 5.92 Å². The Labute approximate surface area is 201 Å². The zero-order chi connectivity index (χ0) is 24.3. The normalized spacial score (nSPS) is 13.7. The number of aryl methyl sites for hydroxylation is 1. The number of fused-ring (bicyclic) bond motifs is 1. The molecule has 0 bridgehead atoms. The number of nitrogens with zero attached hydrogens (tertiary/aromatic N) is 3. The van der Waals surface area contributed by atoms with Crippen molar-refractivity contribution in [2.75, 3.05) is 23.3 Å². The lowest BCUT2D eigenvalue weighted by Crippen LogP contribution is -2.26. The van der Waals surface area contributed by atoms with Crippen molar-refractivity contribution in [1.82, 2.24) is 14.7 Å². The number of aromatic nitrogens is 2. The van der Waals surface area contributed by atoms with Crippen molar-refractivity contribution < 1.29 is 13.5 Å². The summed E-state index contributed by atoms with van der Waals surface area (Å²) in [7, 11) is -3.56. The van der Waals surface area contributed by atoms with Crippen LogP contribution in [0, 0.1) is 12.8 Å². The predicted octanol–water partition coefficient (Wildman–Crippen LogP) is 4.64. The summed E-state index contributed by atoms with van der Waals surface area (Å²) in [6, 6.07) is 12.3. The van der Waals surface area contributed by atoms with Gasteiger partial charge in [-0.3, -0.25) is 0 Å². The summed E-state index contributed by atoms with van der Waals surface area (Å²) in [5.41, 5.74) is 3.38. The highest BCUT2D eigenvalue weighted by atomic mass is 32.2. The van der Waals surface area contributed by atoms with Crippen molar-refractivity contribution in [1.29, 1.82) is 0 Å². The molecule has 2 aromatic carbocycles. The first-order valence-corrected chi connectivity index (χ1v) is 13.0. The molecule has 1 aliphatic rings. The maximum Gasteiger partial charge on any atom is 0.240 e. The summed E-state index contributed by atoms with van der Waals surface area (Å²) >= 11 is 0.